The first kappa shape index (κ1) is 25.6. The summed E-state index contributed by atoms with van der Waals surface area (Å²) in [5, 5.41) is 4.81. The second-order valence-corrected chi connectivity index (χ2v) is 8.38. The van der Waals surface area contributed by atoms with Gasteiger partial charge >= 0.3 is 0 Å². The highest BCUT2D eigenvalue weighted by atomic mass is 35.5. The van der Waals surface area contributed by atoms with Crippen LogP contribution in [0.3, 0.4) is 0 Å². The van der Waals surface area contributed by atoms with Crippen molar-refractivity contribution in [3.8, 4) is 0 Å². The molecule has 188 valence electrons. The quantitative estimate of drug-likeness (QED) is 0.245. The van der Waals surface area contributed by atoms with Gasteiger partial charge in [0.1, 0.15) is 5.82 Å². The summed E-state index contributed by atoms with van der Waals surface area (Å²) >= 11 is 6.17. The number of hydrogen-bond donors (Lipinski definition) is 1. The van der Waals surface area contributed by atoms with Crippen molar-refractivity contribution in [2.24, 2.45) is 0 Å². The van der Waals surface area contributed by atoms with Gasteiger partial charge in [0.2, 0.25) is 5.95 Å². The molecule has 36 heavy (non-hydrogen) atoms. The molecule has 0 amide bonds. The van der Waals surface area contributed by atoms with E-state index < -0.39 is 5.82 Å². The molecule has 2 heterocycles. The van der Waals surface area contributed by atoms with Crippen LogP contribution in [-0.4, -0.2) is 56.2 Å². The number of hydrogen-bond acceptors (Lipinski definition) is 8. The zero-order valence-corrected chi connectivity index (χ0v) is 20.8. The van der Waals surface area contributed by atoms with Crippen LogP contribution in [0.15, 0.2) is 48.7 Å². The van der Waals surface area contributed by atoms with E-state index in [0.717, 1.165) is 37.7 Å². The minimum Gasteiger partial charge on any atom is -0.378 e. The number of carbonyl (C=O) groups excluding carboxylic acids is 1. The zero-order chi connectivity index (χ0) is 25.5. The Morgan fingerprint density at radius 2 is 2.00 bits per heavy atom. The number of ether oxygens (including phenoxy) is 1. The molecule has 1 N–H and O–H groups in total. The Balaban J connectivity index is 1.63. The average Bonchev–Trinajstić information content (AvgIpc) is 2.89. The Morgan fingerprint density at radius 1 is 1.25 bits per heavy atom. The summed E-state index contributed by atoms with van der Waals surface area (Å²) in [5.41, 5.74) is 2.47. The number of rotatable bonds is 9. The summed E-state index contributed by atoms with van der Waals surface area (Å²) in [6.07, 6.45) is 3.58. The van der Waals surface area contributed by atoms with Gasteiger partial charge in [0.05, 0.1) is 24.8 Å². The average molecular weight is 512 g/mol. The second kappa shape index (κ2) is 11.9. The molecule has 1 fully saturated rings. The van der Waals surface area contributed by atoms with Gasteiger partial charge in [0.15, 0.2) is 12.1 Å². The third-order valence-electron chi connectivity index (χ3n) is 5.61. The molecule has 4 rings (SSSR count). The molecular formula is C26H27ClFN5O3. The van der Waals surface area contributed by atoms with Crippen LogP contribution in [0.4, 0.5) is 27.5 Å². The SMILES string of the molecule is CCON(C)c1nc(Nc2ccc(N3CCOCC3)cc2)ncc1/C=C(\C=O)c1c(F)cccc1Cl. The Kier molecular flexibility index (Phi) is 8.48. The number of nitrogens with zero attached hydrogens (tertiary/aromatic N) is 4. The Morgan fingerprint density at radius 3 is 2.67 bits per heavy atom. The van der Waals surface area contributed by atoms with E-state index in [1.165, 1.54) is 29.3 Å². The fourth-order valence-electron chi connectivity index (χ4n) is 3.86. The molecule has 8 nitrogen and oxygen atoms in total. The first-order chi connectivity index (χ1) is 17.5. The molecule has 0 aliphatic carbocycles. The Hall–Kier alpha value is -3.53. The summed E-state index contributed by atoms with van der Waals surface area (Å²) in [5.74, 6) is 0.135. The maximum absolute atomic E-state index is 14.5. The van der Waals surface area contributed by atoms with E-state index >= 15 is 0 Å². The van der Waals surface area contributed by atoms with Gasteiger partial charge in [-0.25, -0.2) is 14.4 Å². The minimum absolute atomic E-state index is 0.0155. The van der Waals surface area contributed by atoms with Crippen LogP contribution < -0.4 is 15.3 Å². The number of halogens is 2. The number of allylic oxidation sites excluding steroid dienone is 1. The summed E-state index contributed by atoms with van der Waals surface area (Å²) in [7, 11) is 1.70. The van der Waals surface area contributed by atoms with Crippen molar-refractivity contribution >= 4 is 52.7 Å². The molecule has 10 heteroatoms. The van der Waals surface area contributed by atoms with E-state index in [4.69, 9.17) is 21.2 Å². The molecule has 0 bridgehead atoms. The van der Waals surface area contributed by atoms with Gasteiger partial charge in [-0.05, 0) is 49.4 Å². The van der Waals surface area contributed by atoms with Crippen molar-refractivity contribution in [3.63, 3.8) is 0 Å². The van der Waals surface area contributed by atoms with Gasteiger partial charge in [-0.2, -0.15) is 4.98 Å². The van der Waals surface area contributed by atoms with Crippen molar-refractivity contribution in [3.05, 3.63) is 70.6 Å². The predicted octanol–water partition coefficient (Wildman–Crippen LogP) is 4.98. The number of anilines is 4. The van der Waals surface area contributed by atoms with E-state index in [1.54, 1.807) is 13.2 Å². The van der Waals surface area contributed by atoms with Crippen LogP contribution in [0, 0.1) is 5.82 Å². The standard InChI is InChI=1S/C26H27ClFN5O3/c1-3-36-32(2)25-18(15-19(17-34)24-22(27)5-4-6-23(24)28)16-29-26(31-25)30-20-7-9-21(10-8-20)33-11-13-35-14-12-33/h4-10,15-17H,3,11-14H2,1-2H3,(H,29,30,31)/b19-15+. The molecule has 0 unspecified atom stereocenters. The minimum atomic E-state index is -0.597. The van der Waals surface area contributed by atoms with Gasteiger partial charge in [-0.3, -0.25) is 9.63 Å². The topological polar surface area (TPSA) is 79.8 Å². The normalized spacial score (nSPS) is 14.0. The molecule has 1 saturated heterocycles. The van der Waals surface area contributed by atoms with Crippen LogP contribution in [0.1, 0.15) is 18.1 Å². The third kappa shape index (κ3) is 5.99. The van der Waals surface area contributed by atoms with E-state index in [1.807, 2.05) is 31.2 Å². The number of aldehydes is 1. The van der Waals surface area contributed by atoms with Crippen molar-refractivity contribution in [2.45, 2.75) is 6.92 Å². The van der Waals surface area contributed by atoms with Gasteiger partial charge in [-0.15, -0.1) is 0 Å². The molecule has 1 aliphatic heterocycles. The van der Waals surface area contributed by atoms with Crippen LogP contribution in [0.5, 0.6) is 0 Å². The summed E-state index contributed by atoms with van der Waals surface area (Å²) in [6.45, 7) is 5.41. The van der Waals surface area contributed by atoms with Crippen molar-refractivity contribution in [1.82, 2.24) is 9.97 Å². The molecule has 1 aromatic heterocycles. The fraction of sp³-hybridized carbons (Fsp3) is 0.269. The molecule has 2 aromatic carbocycles. The lowest BCUT2D eigenvalue weighted by Gasteiger charge is -2.28. The van der Waals surface area contributed by atoms with Crippen LogP contribution in [0.2, 0.25) is 5.02 Å². The number of hydroxylamine groups is 1. The lowest BCUT2D eigenvalue weighted by atomic mass is 10.0. The first-order valence-electron chi connectivity index (χ1n) is 11.5. The molecule has 0 atom stereocenters. The highest BCUT2D eigenvalue weighted by molar-refractivity contribution is 6.34. The summed E-state index contributed by atoms with van der Waals surface area (Å²) in [6, 6.07) is 12.2. The van der Waals surface area contributed by atoms with E-state index in [-0.39, 0.29) is 16.2 Å². The fourth-order valence-corrected chi connectivity index (χ4v) is 4.14. The van der Waals surface area contributed by atoms with Gasteiger partial charge in [0.25, 0.3) is 0 Å². The van der Waals surface area contributed by atoms with Gasteiger partial charge in [-0.1, -0.05) is 17.7 Å². The Labute approximate surface area is 214 Å². The van der Waals surface area contributed by atoms with Gasteiger partial charge < -0.3 is 15.0 Å². The van der Waals surface area contributed by atoms with E-state index in [2.05, 4.69) is 20.2 Å². The zero-order valence-electron chi connectivity index (χ0n) is 20.1. The van der Waals surface area contributed by atoms with Crippen molar-refractivity contribution in [2.75, 3.05) is 55.2 Å². The molecular weight excluding hydrogens is 485 g/mol. The number of aromatic nitrogens is 2. The largest absolute Gasteiger partial charge is 0.378 e. The number of benzene rings is 2. The predicted molar refractivity (Wildman–Crippen MR) is 140 cm³/mol. The molecule has 1 aliphatic rings. The lowest BCUT2D eigenvalue weighted by Crippen LogP contribution is -2.36. The van der Waals surface area contributed by atoms with E-state index in [9.17, 15) is 9.18 Å². The molecule has 3 aromatic rings. The van der Waals surface area contributed by atoms with Crippen molar-refractivity contribution in [1.29, 1.82) is 0 Å². The first-order valence-corrected chi connectivity index (χ1v) is 11.9. The molecule has 0 spiro atoms. The van der Waals surface area contributed by atoms with Crippen LogP contribution >= 0.6 is 11.6 Å². The summed E-state index contributed by atoms with van der Waals surface area (Å²) < 4.78 is 19.9. The smallest absolute Gasteiger partial charge is 0.229 e. The maximum Gasteiger partial charge on any atom is 0.229 e. The van der Waals surface area contributed by atoms with Crippen LogP contribution in [-0.2, 0) is 14.4 Å². The van der Waals surface area contributed by atoms with E-state index in [0.29, 0.717) is 30.2 Å². The highest BCUT2D eigenvalue weighted by Gasteiger charge is 2.16. The summed E-state index contributed by atoms with van der Waals surface area (Å²) in [4.78, 5) is 28.7. The monoisotopic (exact) mass is 511 g/mol. The Bertz CT molecular complexity index is 1210. The third-order valence-corrected chi connectivity index (χ3v) is 5.92. The lowest BCUT2D eigenvalue weighted by molar-refractivity contribution is -0.103. The van der Waals surface area contributed by atoms with Crippen molar-refractivity contribution < 1.29 is 18.8 Å². The maximum atomic E-state index is 14.5. The number of nitrogens with one attached hydrogen (secondary N) is 1. The van der Waals surface area contributed by atoms with Gasteiger partial charge in [0, 0.05) is 54.4 Å². The van der Waals surface area contributed by atoms with Crippen LogP contribution in [0.25, 0.3) is 11.6 Å². The molecule has 0 radical (unpaired) electrons. The molecule has 0 saturated carbocycles. The number of carbonyl (C=O) groups is 1. The number of morpholine rings is 1. The second-order valence-electron chi connectivity index (χ2n) is 7.97. The highest BCUT2D eigenvalue weighted by Crippen LogP contribution is 2.30.